The molecule has 8 heteroatoms. The van der Waals surface area contributed by atoms with Gasteiger partial charge in [0.15, 0.2) is 0 Å². The summed E-state index contributed by atoms with van der Waals surface area (Å²) in [4.78, 5) is 13.7. The van der Waals surface area contributed by atoms with E-state index in [0.717, 1.165) is 13.1 Å². The molecule has 0 atom stereocenters. The number of nitrogens with zero attached hydrogens (tertiary/aromatic N) is 1. The lowest BCUT2D eigenvalue weighted by Gasteiger charge is -2.30. The van der Waals surface area contributed by atoms with Crippen LogP contribution >= 0.6 is 0 Å². The number of carbonyl (C=O) groups is 1. The van der Waals surface area contributed by atoms with E-state index in [0.29, 0.717) is 18.8 Å². The van der Waals surface area contributed by atoms with Gasteiger partial charge in [0.05, 0.1) is 11.3 Å². The summed E-state index contributed by atoms with van der Waals surface area (Å²) in [5, 5.41) is 3.18. The van der Waals surface area contributed by atoms with Crippen molar-refractivity contribution < 1.29 is 21.9 Å². The monoisotopic (exact) mass is 286 g/mol. The minimum Gasteiger partial charge on any atom is -0.368 e. The normalized spacial score (nSPS) is 16.2. The first-order chi connectivity index (χ1) is 8.97. The lowest BCUT2D eigenvalue weighted by molar-refractivity contribution is 0.0728. The number of hydrogen-bond donors (Lipinski definition) is 2. The van der Waals surface area contributed by atoms with Crippen molar-refractivity contribution in [2.24, 2.45) is 0 Å². The van der Waals surface area contributed by atoms with Crippen molar-refractivity contribution in [3.8, 4) is 0 Å². The van der Waals surface area contributed by atoms with Crippen molar-refractivity contribution in [1.82, 2.24) is 5.32 Å². The predicted octanol–water partition coefficient (Wildman–Crippen LogP) is 0.0558. The van der Waals surface area contributed by atoms with E-state index < -0.39 is 16.4 Å². The maximum Gasteiger partial charge on any atom is 0.449 e. The Balaban J connectivity index is 2.27. The van der Waals surface area contributed by atoms with E-state index >= 15 is 0 Å². The van der Waals surface area contributed by atoms with Gasteiger partial charge in [0.1, 0.15) is 0 Å². The van der Waals surface area contributed by atoms with E-state index in [1.54, 1.807) is 18.2 Å². The fourth-order valence-corrected chi connectivity index (χ4v) is 2.25. The van der Waals surface area contributed by atoms with Gasteiger partial charge in [-0.05, 0) is 12.1 Å². The molecule has 0 aromatic heterocycles. The summed E-state index contributed by atoms with van der Waals surface area (Å²) in [5.41, 5.74) is 0.708. The molecule has 0 bridgehead atoms. The smallest absolute Gasteiger partial charge is 0.368 e. The van der Waals surface area contributed by atoms with E-state index in [9.17, 15) is 13.2 Å². The van der Waals surface area contributed by atoms with E-state index in [4.69, 9.17) is 4.55 Å². The summed E-state index contributed by atoms with van der Waals surface area (Å²) in [6.45, 7) is 2.97. The third kappa shape index (κ3) is 3.66. The lowest BCUT2D eigenvalue weighted by Crippen LogP contribution is -2.44. The largest absolute Gasteiger partial charge is 0.449 e. The fraction of sp³-hybridized carbons (Fsp3) is 0.364. The van der Waals surface area contributed by atoms with Crippen LogP contribution < -0.4 is 10.2 Å². The van der Waals surface area contributed by atoms with Crippen molar-refractivity contribution in [3.05, 3.63) is 29.8 Å². The Morgan fingerprint density at radius 3 is 2.53 bits per heavy atom. The van der Waals surface area contributed by atoms with Gasteiger partial charge in [-0.2, -0.15) is 8.42 Å². The van der Waals surface area contributed by atoms with Crippen molar-refractivity contribution >= 4 is 22.1 Å². The average molecular weight is 286 g/mol. The maximum atomic E-state index is 11.7. The molecule has 0 amide bonds. The molecule has 0 aliphatic carbocycles. The first-order valence-electron chi connectivity index (χ1n) is 5.73. The zero-order valence-corrected chi connectivity index (χ0v) is 10.9. The van der Waals surface area contributed by atoms with Gasteiger partial charge in [-0.25, -0.2) is 4.79 Å². The number of para-hydroxylation sites is 1. The molecule has 7 nitrogen and oxygen atoms in total. The molecule has 1 aromatic rings. The first kappa shape index (κ1) is 13.8. The van der Waals surface area contributed by atoms with Crippen LogP contribution in [0.1, 0.15) is 10.4 Å². The van der Waals surface area contributed by atoms with Crippen LogP contribution in [0.2, 0.25) is 0 Å². The minimum atomic E-state index is -4.80. The summed E-state index contributed by atoms with van der Waals surface area (Å²) in [7, 11) is -4.80. The SMILES string of the molecule is O=C(OS(=O)(=O)O)c1ccccc1N1CCNCC1. The molecular weight excluding hydrogens is 272 g/mol. The van der Waals surface area contributed by atoms with Gasteiger partial charge in [-0.3, -0.25) is 4.55 Å². The Bertz CT molecular complexity index is 566. The van der Waals surface area contributed by atoms with Gasteiger partial charge >= 0.3 is 16.4 Å². The molecule has 1 fully saturated rings. The van der Waals surface area contributed by atoms with E-state index in [1.165, 1.54) is 6.07 Å². The van der Waals surface area contributed by atoms with E-state index in [1.807, 2.05) is 4.90 Å². The highest BCUT2D eigenvalue weighted by Crippen LogP contribution is 2.22. The van der Waals surface area contributed by atoms with Gasteiger partial charge in [-0.15, -0.1) is 0 Å². The zero-order valence-electron chi connectivity index (χ0n) is 10.1. The quantitative estimate of drug-likeness (QED) is 0.758. The van der Waals surface area contributed by atoms with Crippen LogP contribution in [0.25, 0.3) is 0 Å². The second-order valence-corrected chi connectivity index (χ2v) is 5.07. The predicted molar refractivity (Wildman–Crippen MR) is 68.5 cm³/mol. The molecule has 2 rings (SSSR count). The standard InChI is InChI=1S/C11H14N2O5S/c14-11(18-19(15,16)17)9-3-1-2-4-10(9)13-7-5-12-6-8-13/h1-4,12H,5-8H2,(H,15,16,17). The molecule has 1 saturated heterocycles. The zero-order chi connectivity index (χ0) is 13.9. The van der Waals surface area contributed by atoms with Crippen molar-refractivity contribution in [2.75, 3.05) is 31.1 Å². The maximum absolute atomic E-state index is 11.7. The summed E-state index contributed by atoms with van der Waals surface area (Å²) in [6.07, 6.45) is 0. The number of benzene rings is 1. The third-order valence-electron chi connectivity index (χ3n) is 2.76. The third-order valence-corrected chi connectivity index (χ3v) is 3.12. The number of hydrogen-bond acceptors (Lipinski definition) is 6. The summed E-state index contributed by atoms with van der Waals surface area (Å²) in [6, 6.07) is 6.53. The van der Waals surface area contributed by atoms with Crippen molar-refractivity contribution in [3.63, 3.8) is 0 Å². The van der Waals surface area contributed by atoms with Crippen molar-refractivity contribution in [2.45, 2.75) is 0 Å². The molecule has 2 N–H and O–H groups in total. The van der Waals surface area contributed by atoms with Crippen LogP contribution in [0.15, 0.2) is 24.3 Å². The highest BCUT2D eigenvalue weighted by atomic mass is 32.3. The van der Waals surface area contributed by atoms with Crippen molar-refractivity contribution in [1.29, 1.82) is 0 Å². The molecule has 1 heterocycles. The second kappa shape index (κ2) is 5.55. The van der Waals surface area contributed by atoms with Crippen LogP contribution in [-0.4, -0.2) is 45.1 Å². The Kier molecular flexibility index (Phi) is 4.03. The molecule has 1 aromatic carbocycles. The van der Waals surface area contributed by atoms with Gasteiger partial charge in [0, 0.05) is 26.2 Å². The highest BCUT2D eigenvalue weighted by Gasteiger charge is 2.22. The number of anilines is 1. The number of nitrogens with one attached hydrogen (secondary N) is 1. The van der Waals surface area contributed by atoms with Crippen LogP contribution in [0.5, 0.6) is 0 Å². The number of rotatable bonds is 3. The molecule has 0 spiro atoms. The van der Waals surface area contributed by atoms with Gasteiger partial charge < -0.3 is 14.4 Å². The fourth-order valence-electron chi connectivity index (χ4n) is 1.97. The van der Waals surface area contributed by atoms with Crippen LogP contribution in [0.3, 0.4) is 0 Å². The molecule has 0 saturated carbocycles. The Labute approximate surface area is 111 Å². The number of piperazine rings is 1. The summed E-state index contributed by atoms with van der Waals surface area (Å²) in [5.74, 6) is -1.09. The highest BCUT2D eigenvalue weighted by molar-refractivity contribution is 7.81. The minimum absolute atomic E-state index is 0.113. The summed E-state index contributed by atoms with van der Waals surface area (Å²) < 4.78 is 33.7. The molecule has 104 valence electrons. The van der Waals surface area contributed by atoms with Crippen LogP contribution in [0.4, 0.5) is 5.69 Å². The van der Waals surface area contributed by atoms with Gasteiger partial charge in [-0.1, -0.05) is 12.1 Å². The summed E-state index contributed by atoms with van der Waals surface area (Å²) >= 11 is 0. The Morgan fingerprint density at radius 1 is 1.26 bits per heavy atom. The van der Waals surface area contributed by atoms with Crippen LogP contribution in [0, 0.1) is 0 Å². The molecular formula is C11H14N2O5S. The lowest BCUT2D eigenvalue weighted by atomic mass is 10.1. The molecule has 1 aliphatic heterocycles. The Morgan fingerprint density at radius 2 is 1.89 bits per heavy atom. The molecule has 0 radical (unpaired) electrons. The number of carbonyl (C=O) groups excluding carboxylic acids is 1. The van der Waals surface area contributed by atoms with E-state index in [-0.39, 0.29) is 5.56 Å². The van der Waals surface area contributed by atoms with Crippen LogP contribution in [-0.2, 0) is 14.6 Å². The Hall–Kier alpha value is -1.64. The first-order valence-corrected chi connectivity index (χ1v) is 7.10. The van der Waals surface area contributed by atoms with E-state index in [2.05, 4.69) is 9.50 Å². The van der Waals surface area contributed by atoms with Gasteiger partial charge in [0.2, 0.25) is 0 Å². The molecule has 19 heavy (non-hydrogen) atoms. The molecule has 0 unspecified atom stereocenters. The van der Waals surface area contributed by atoms with Gasteiger partial charge in [0.25, 0.3) is 0 Å². The topological polar surface area (TPSA) is 95.9 Å². The molecule has 1 aliphatic rings. The average Bonchev–Trinajstić information content (AvgIpc) is 2.38. The second-order valence-electron chi connectivity index (χ2n) is 4.05.